The van der Waals surface area contributed by atoms with Gasteiger partial charge in [0.15, 0.2) is 6.61 Å². The maximum Gasteiger partial charge on any atom is 0.265 e. The molecular weight excluding hydrogens is 494 g/mol. The molecule has 0 N–H and O–H groups in total. The van der Waals surface area contributed by atoms with E-state index in [0.717, 1.165) is 12.2 Å². The molecule has 0 aliphatic carbocycles. The molecule has 37 heavy (non-hydrogen) atoms. The largest absolute Gasteiger partial charge is 0.482 e. The highest BCUT2D eigenvalue weighted by Gasteiger charge is 2.35. The molecule has 2 amide bonds. The van der Waals surface area contributed by atoms with Crippen LogP contribution in [-0.2, 0) is 19.6 Å². The molecule has 3 aliphatic heterocycles. The number of carbonyl (C=O) groups excluding carboxylic acids is 2. The van der Waals surface area contributed by atoms with Gasteiger partial charge in [-0.25, -0.2) is 13.4 Å². The van der Waals surface area contributed by atoms with Crippen LogP contribution in [-0.4, -0.2) is 86.8 Å². The van der Waals surface area contributed by atoms with E-state index in [1.54, 1.807) is 17.2 Å². The highest BCUT2D eigenvalue weighted by atomic mass is 32.2. The Bertz CT molecular complexity index is 1250. The smallest absolute Gasteiger partial charge is 0.265 e. The number of piperidine rings is 1. The molecule has 11 heteroatoms. The summed E-state index contributed by atoms with van der Waals surface area (Å²) in [6.07, 6.45) is 2.74. The molecular formula is C26H33N5O5S. The van der Waals surface area contributed by atoms with Crippen molar-refractivity contribution in [2.45, 2.75) is 25.2 Å². The van der Waals surface area contributed by atoms with Crippen molar-refractivity contribution in [3.63, 3.8) is 0 Å². The number of pyridine rings is 1. The number of ether oxygens (including phenoxy) is 1. The van der Waals surface area contributed by atoms with E-state index in [0.29, 0.717) is 50.7 Å². The second kappa shape index (κ2) is 10.3. The first-order chi connectivity index (χ1) is 17.7. The molecule has 0 unspecified atom stereocenters. The standard InChI is InChI=1S/C26H33N5O5S/c1-19-13-20(2)16-30(15-19)37(34,35)21-6-7-23-22(14-21)31(26(33)18-36-23)17-25(32)29-11-9-28(10-12-29)24-5-3-4-8-27-24/h3-8,14,19-20H,9-13,15-18H2,1-2H3/t19-,20-/m0/s1. The van der Waals surface area contributed by atoms with Crippen LogP contribution in [0.5, 0.6) is 5.75 Å². The van der Waals surface area contributed by atoms with Crippen molar-refractivity contribution in [2.24, 2.45) is 11.8 Å². The number of hydrogen-bond acceptors (Lipinski definition) is 7. The number of fused-ring (bicyclic) bond motifs is 1. The fourth-order valence-electron chi connectivity index (χ4n) is 5.43. The Kier molecular flexibility index (Phi) is 7.09. The van der Waals surface area contributed by atoms with Crippen LogP contribution in [0.1, 0.15) is 20.3 Å². The van der Waals surface area contributed by atoms with Gasteiger partial charge >= 0.3 is 0 Å². The van der Waals surface area contributed by atoms with Crippen molar-refractivity contribution in [1.82, 2.24) is 14.2 Å². The van der Waals surface area contributed by atoms with Crippen LogP contribution in [0, 0.1) is 11.8 Å². The summed E-state index contributed by atoms with van der Waals surface area (Å²) in [6.45, 7) is 7.00. The molecule has 4 heterocycles. The summed E-state index contributed by atoms with van der Waals surface area (Å²) >= 11 is 0. The van der Waals surface area contributed by atoms with Gasteiger partial charge in [0.05, 0.1) is 10.6 Å². The summed E-state index contributed by atoms with van der Waals surface area (Å²) < 4.78 is 34.0. The minimum Gasteiger partial charge on any atom is -0.482 e. The lowest BCUT2D eigenvalue weighted by atomic mass is 9.94. The highest BCUT2D eigenvalue weighted by Crippen LogP contribution is 2.36. The highest BCUT2D eigenvalue weighted by molar-refractivity contribution is 7.89. The van der Waals surface area contributed by atoms with Crippen LogP contribution in [0.2, 0.25) is 0 Å². The number of piperazine rings is 1. The van der Waals surface area contributed by atoms with Crippen molar-refractivity contribution in [2.75, 3.05) is 62.2 Å². The third-order valence-corrected chi connectivity index (χ3v) is 9.07. The zero-order valence-electron chi connectivity index (χ0n) is 21.2. The van der Waals surface area contributed by atoms with E-state index in [4.69, 9.17) is 4.74 Å². The van der Waals surface area contributed by atoms with Gasteiger partial charge in [-0.15, -0.1) is 0 Å². The molecule has 0 bridgehead atoms. The van der Waals surface area contributed by atoms with Crippen LogP contribution < -0.4 is 14.5 Å². The van der Waals surface area contributed by atoms with E-state index in [-0.39, 0.29) is 41.7 Å². The summed E-state index contributed by atoms with van der Waals surface area (Å²) in [4.78, 5) is 35.7. The molecule has 5 rings (SSSR count). The van der Waals surface area contributed by atoms with Crippen molar-refractivity contribution in [3.05, 3.63) is 42.6 Å². The van der Waals surface area contributed by atoms with Crippen LogP contribution in [0.3, 0.4) is 0 Å². The first-order valence-electron chi connectivity index (χ1n) is 12.7. The molecule has 10 nitrogen and oxygen atoms in total. The molecule has 3 aliphatic rings. The van der Waals surface area contributed by atoms with Gasteiger partial charge in [0.2, 0.25) is 15.9 Å². The predicted octanol–water partition coefficient (Wildman–Crippen LogP) is 1.82. The van der Waals surface area contributed by atoms with E-state index in [9.17, 15) is 18.0 Å². The predicted molar refractivity (Wildman–Crippen MR) is 139 cm³/mol. The maximum absolute atomic E-state index is 13.5. The normalized spacial score (nSPS) is 23.0. The van der Waals surface area contributed by atoms with Gasteiger partial charge in [0, 0.05) is 45.5 Å². The molecule has 1 aromatic heterocycles. The van der Waals surface area contributed by atoms with Crippen LogP contribution >= 0.6 is 0 Å². The molecule has 2 fully saturated rings. The zero-order valence-corrected chi connectivity index (χ0v) is 22.1. The van der Waals surface area contributed by atoms with Crippen molar-refractivity contribution < 1.29 is 22.7 Å². The SMILES string of the molecule is C[C@H]1C[C@H](C)CN(S(=O)(=O)c2ccc3c(c2)N(CC(=O)N2CCN(c4ccccn4)CC2)C(=O)CO3)C1. The third kappa shape index (κ3) is 5.28. The Morgan fingerprint density at radius 1 is 1.05 bits per heavy atom. The van der Waals surface area contributed by atoms with Crippen LogP contribution in [0.4, 0.5) is 11.5 Å². The minimum absolute atomic E-state index is 0.104. The fraction of sp³-hybridized carbons (Fsp3) is 0.500. The average molecular weight is 528 g/mol. The van der Waals surface area contributed by atoms with Crippen LogP contribution in [0.25, 0.3) is 0 Å². The van der Waals surface area contributed by atoms with E-state index in [1.165, 1.54) is 21.3 Å². The van der Waals surface area contributed by atoms with Crippen molar-refractivity contribution in [3.8, 4) is 5.75 Å². The van der Waals surface area contributed by atoms with Gasteiger partial charge < -0.3 is 14.5 Å². The Morgan fingerprint density at radius 3 is 2.46 bits per heavy atom. The zero-order chi connectivity index (χ0) is 26.2. The number of anilines is 2. The van der Waals surface area contributed by atoms with E-state index in [1.807, 2.05) is 18.2 Å². The third-order valence-electron chi connectivity index (χ3n) is 7.25. The van der Waals surface area contributed by atoms with Gasteiger partial charge in [0.25, 0.3) is 5.91 Å². The van der Waals surface area contributed by atoms with Gasteiger partial charge in [0.1, 0.15) is 18.1 Å². The topological polar surface area (TPSA) is 103 Å². The van der Waals surface area contributed by atoms with Crippen molar-refractivity contribution in [1.29, 1.82) is 0 Å². The number of aromatic nitrogens is 1. The molecule has 2 atom stereocenters. The van der Waals surface area contributed by atoms with Gasteiger partial charge in [-0.1, -0.05) is 19.9 Å². The molecule has 0 radical (unpaired) electrons. The first-order valence-corrected chi connectivity index (χ1v) is 14.2. The number of benzene rings is 1. The molecule has 198 valence electrons. The Morgan fingerprint density at radius 2 is 1.78 bits per heavy atom. The van der Waals surface area contributed by atoms with Crippen LogP contribution in [0.15, 0.2) is 47.5 Å². The number of sulfonamides is 1. The summed E-state index contributed by atoms with van der Waals surface area (Å²) in [6, 6.07) is 10.3. The second-order valence-corrected chi connectivity index (χ2v) is 12.2. The lowest BCUT2D eigenvalue weighted by Gasteiger charge is -2.37. The molecule has 1 aromatic carbocycles. The van der Waals surface area contributed by atoms with E-state index in [2.05, 4.69) is 23.7 Å². The summed E-state index contributed by atoms with van der Waals surface area (Å²) in [5.41, 5.74) is 0.316. The van der Waals surface area contributed by atoms with Gasteiger partial charge in [-0.3, -0.25) is 14.5 Å². The second-order valence-electron chi connectivity index (χ2n) is 10.2. The summed E-state index contributed by atoms with van der Waals surface area (Å²) in [5, 5.41) is 0. The quantitative estimate of drug-likeness (QED) is 0.584. The number of nitrogens with zero attached hydrogens (tertiary/aromatic N) is 5. The average Bonchev–Trinajstić information content (AvgIpc) is 2.90. The summed E-state index contributed by atoms with van der Waals surface area (Å²) in [7, 11) is -3.75. The Labute approximate surface area is 217 Å². The number of carbonyl (C=O) groups is 2. The Balaban J connectivity index is 1.31. The van der Waals surface area contributed by atoms with E-state index < -0.39 is 10.0 Å². The molecule has 2 saturated heterocycles. The molecule has 2 aromatic rings. The lowest BCUT2D eigenvalue weighted by molar-refractivity contribution is -0.132. The first kappa shape index (κ1) is 25.5. The van der Waals surface area contributed by atoms with Gasteiger partial charge in [-0.05, 0) is 48.6 Å². The fourth-order valence-corrected chi connectivity index (χ4v) is 7.13. The summed E-state index contributed by atoms with van der Waals surface area (Å²) in [5.74, 6) is 1.25. The Hall–Kier alpha value is -3.18. The maximum atomic E-state index is 13.5. The minimum atomic E-state index is -3.75. The number of hydrogen-bond donors (Lipinski definition) is 0. The number of amides is 2. The monoisotopic (exact) mass is 527 g/mol. The number of rotatable bonds is 5. The molecule has 0 spiro atoms. The van der Waals surface area contributed by atoms with Crippen molar-refractivity contribution >= 4 is 33.3 Å². The molecule has 0 saturated carbocycles. The lowest BCUT2D eigenvalue weighted by Crippen LogP contribution is -2.53. The van der Waals surface area contributed by atoms with Gasteiger partial charge in [-0.2, -0.15) is 4.31 Å². The van der Waals surface area contributed by atoms with E-state index >= 15 is 0 Å².